The molecular formula is C14H9N3O2S. The van der Waals surface area contributed by atoms with Crippen LogP contribution >= 0.6 is 11.3 Å². The lowest BCUT2D eigenvalue weighted by Crippen LogP contribution is -2.24. The van der Waals surface area contributed by atoms with Crippen molar-refractivity contribution in [3.63, 3.8) is 0 Å². The Balaban J connectivity index is 2.24. The number of nitrogens with zero attached hydrogens (tertiary/aromatic N) is 2. The van der Waals surface area contributed by atoms with E-state index < -0.39 is 0 Å². The van der Waals surface area contributed by atoms with Gasteiger partial charge in [0, 0.05) is 11.6 Å². The summed E-state index contributed by atoms with van der Waals surface area (Å²) in [6.07, 6.45) is 1.58. The van der Waals surface area contributed by atoms with Crippen molar-refractivity contribution >= 4 is 22.4 Å². The second kappa shape index (κ2) is 3.94. The van der Waals surface area contributed by atoms with E-state index in [-0.39, 0.29) is 11.2 Å². The first-order valence-electron chi connectivity index (χ1n) is 6.04. The van der Waals surface area contributed by atoms with Gasteiger partial charge in [0.15, 0.2) is 0 Å². The Labute approximate surface area is 116 Å². The second-order valence-electron chi connectivity index (χ2n) is 4.43. The largest absolute Gasteiger partial charge is 0.358 e. The van der Waals surface area contributed by atoms with Crippen LogP contribution in [0.5, 0.6) is 0 Å². The third kappa shape index (κ3) is 1.36. The molecule has 0 amide bonds. The van der Waals surface area contributed by atoms with E-state index in [9.17, 15) is 9.59 Å². The number of H-pyrrole nitrogens is 1. The van der Waals surface area contributed by atoms with Gasteiger partial charge in [-0.15, -0.1) is 0 Å². The number of aromatic amines is 1. The first-order chi connectivity index (χ1) is 9.77. The molecule has 1 aromatic carbocycles. The summed E-state index contributed by atoms with van der Waals surface area (Å²) in [4.78, 5) is 28.0. The number of fused-ring (bicyclic) bond motifs is 3. The van der Waals surface area contributed by atoms with E-state index in [0.29, 0.717) is 16.9 Å². The van der Waals surface area contributed by atoms with Gasteiger partial charge in [-0.2, -0.15) is 11.3 Å². The fourth-order valence-corrected chi connectivity index (χ4v) is 3.03. The van der Waals surface area contributed by atoms with Crippen LogP contribution in [0.25, 0.3) is 22.4 Å². The minimum Gasteiger partial charge on any atom is -0.358 e. The van der Waals surface area contributed by atoms with E-state index in [0.717, 1.165) is 5.52 Å². The molecule has 0 saturated heterocycles. The number of rotatable bonds is 1. The number of hydrogen-bond acceptors (Lipinski definition) is 3. The molecule has 20 heavy (non-hydrogen) atoms. The van der Waals surface area contributed by atoms with Gasteiger partial charge >= 0.3 is 5.69 Å². The summed E-state index contributed by atoms with van der Waals surface area (Å²) in [6.45, 7) is 0. The molecule has 0 spiro atoms. The molecule has 98 valence electrons. The summed E-state index contributed by atoms with van der Waals surface area (Å²) in [6, 6.07) is 9.17. The van der Waals surface area contributed by atoms with Gasteiger partial charge in [0.2, 0.25) is 0 Å². The second-order valence-corrected chi connectivity index (χ2v) is 5.21. The van der Waals surface area contributed by atoms with Crippen molar-refractivity contribution < 1.29 is 0 Å². The molecule has 4 rings (SSSR count). The third-order valence-corrected chi connectivity index (χ3v) is 3.99. The lowest BCUT2D eigenvalue weighted by atomic mass is 10.3. The van der Waals surface area contributed by atoms with Crippen molar-refractivity contribution in [2.75, 3.05) is 0 Å². The van der Waals surface area contributed by atoms with Crippen LogP contribution in [0.4, 0.5) is 0 Å². The Kier molecular flexibility index (Phi) is 2.22. The number of hydrogen-bond donors (Lipinski definition) is 1. The summed E-state index contributed by atoms with van der Waals surface area (Å²) in [5.41, 5.74) is 1.81. The normalized spacial score (nSPS) is 11.4. The molecular weight excluding hydrogens is 274 g/mol. The first kappa shape index (κ1) is 11.2. The monoisotopic (exact) mass is 283 g/mol. The van der Waals surface area contributed by atoms with Crippen LogP contribution < -0.4 is 11.2 Å². The van der Waals surface area contributed by atoms with Crippen LogP contribution in [0.3, 0.4) is 0 Å². The molecule has 0 aliphatic carbocycles. The molecule has 2 aromatic rings. The SMILES string of the molecule is O=c1c2c[nH]c3ccccc3n-2c(=O)n1-c1ccsc1. The van der Waals surface area contributed by atoms with Gasteiger partial charge in [-0.3, -0.25) is 9.36 Å². The maximum Gasteiger partial charge on any atom is 0.341 e. The van der Waals surface area contributed by atoms with Crippen LogP contribution in [0.2, 0.25) is 0 Å². The average molecular weight is 283 g/mol. The van der Waals surface area contributed by atoms with E-state index in [1.807, 2.05) is 29.6 Å². The van der Waals surface area contributed by atoms with Crippen molar-refractivity contribution in [3.05, 3.63) is 68.1 Å². The fourth-order valence-electron chi connectivity index (χ4n) is 2.41. The van der Waals surface area contributed by atoms with E-state index in [2.05, 4.69) is 4.98 Å². The molecule has 1 aromatic heterocycles. The van der Waals surface area contributed by atoms with Gasteiger partial charge < -0.3 is 4.98 Å². The van der Waals surface area contributed by atoms with Gasteiger partial charge in [-0.25, -0.2) is 9.36 Å². The van der Waals surface area contributed by atoms with Crippen molar-refractivity contribution in [2.45, 2.75) is 0 Å². The zero-order chi connectivity index (χ0) is 13.7. The summed E-state index contributed by atoms with van der Waals surface area (Å²) >= 11 is 1.45. The summed E-state index contributed by atoms with van der Waals surface area (Å²) in [5, 5.41) is 3.63. The first-order valence-corrected chi connectivity index (χ1v) is 6.98. The van der Waals surface area contributed by atoms with Crippen molar-refractivity contribution in [1.82, 2.24) is 14.1 Å². The summed E-state index contributed by atoms with van der Waals surface area (Å²) in [7, 11) is 0. The molecule has 1 N–H and O–H groups in total. The minimum atomic E-state index is -0.339. The predicted octanol–water partition coefficient (Wildman–Crippen LogP) is 1.97. The van der Waals surface area contributed by atoms with Gasteiger partial charge in [0.05, 0.1) is 16.7 Å². The molecule has 2 aliphatic rings. The van der Waals surface area contributed by atoms with E-state index in [4.69, 9.17) is 0 Å². The van der Waals surface area contributed by atoms with E-state index in [1.165, 1.54) is 20.5 Å². The van der Waals surface area contributed by atoms with Gasteiger partial charge in [0.25, 0.3) is 5.56 Å². The molecule has 3 heterocycles. The number of benzene rings is 1. The molecule has 0 fully saturated rings. The van der Waals surface area contributed by atoms with Crippen LogP contribution in [0, 0.1) is 0 Å². The van der Waals surface area contributed by atoms with E-state index >= 15 is 0 Å². The summed E-state index contributed by atoms with van der Waals surface area (Å²) in [5.74, 6) is 0. The topological polar surface area (TPSA) is 59.8 Å². The summed E-state index contributed by atoms with van der Waals surface area (Å²) < 4.78 is 2.65. The number of imidazole rings is 1. The Hall–Kier alpha value is -2.60. The quantitative estimate of drug-likeness (QED) is 0.580. The van der Waals surface area contributed by atoms with Crippen molar-refractivity contribution in [1.29, 1.82) is 0 Å². The van der Waals surface area contributed by atoms with E-state index in [1.54, 1.807) is 17.6 Å². The lowest BCUT2D eigenvalue weighted by Gasteiger charge is -2.05. The van der Waals surface area contributed by atoms with Gasteiger partial charge in [0.1, 0.15) is 5.69 Å². The highest BCUT2D eigenvalue weighted by Gasteiger charge is 2.20. The minimum absolute atomic E-state index is 0.310. The molecule has 0 unspecified atom stereocenters. The smallest absolute Gasteiger partial charge is 0.341 e. The molecule has 0 bridgehead atoms. The fraction of sp³-hybridized carbons (Fsp3) is 0. The third-order valence-electron chi connectivity index (χ3n) is 3.32. The Morgan fingerprint density at radius 1 is 1.05 bits per heavy atom. The zero-order valence-corrected chi connectivity index (χ0v) is 11.1. The number of thiophene rings is 1. The van der Waals surface area contributed by atoms with Gasteiger partial charge in [-0.05, 0) is 23.6 Å². The average Bonchev–Trinajstić information content (AvgIpc) is 3.07. The maximum absolute atomic E-state index is 12.6. The number of aromatic nitrogens is 3. The highest BCUT2D eigenvalue weighted by molar-refractivity contribution is 7.08. The Morgan fingerprint density at radius 3 is 2.70 bits per heavy atom. The lowest BCUT2D eigenvalue weighted by molar-refractivity contribution is 0.925. The highest BCUT2D eigenvalue weighted by atomic mass is 32.1. The number of nitrogens with one attached hydrogen (secondary N) is 1. The molecule has 0 atom stereocenters. The van der Waals surface area contributed by atoms with Crippen molar-refractivity contribution in [3.8, 4) is 11.4 Å². The molecule has 6 heteroatoms. The predicted molar refractivity (Wildman–Crippen MR) is 78.6 cm³/mol. The highest BCUT2D eigenvalue weighted by Crippen LogP contribution is 2.16. The van der Waals surface area contributed by atoms with Crippen molar-refractivity contribution in [2.24, 2.45) is 0 Å². The Bertz CT molecular complexity index is 991. The molecule has 5 nitrogen and oxygen atoms in total. The zero-order valence-electron chi connectivity index (χ0n) is 10.2. The maximum atomic E-state index is 12.6. The standard InChI is InChI=1S/C14H9N3O2S/c18-13-12-7-15-10-3-1-2-4-11(10)17(12)14(19)16(13)9-5-6-20-8-9/h1-8,15H. The van der Waals surface area contributed by atoms with Gasteiger partial charge in [-0.1, -0.05) is 12.1 Å². The Morgan fingerprint density at radius 2 is 1.90 bits per heavy atom. The molecule has 2 aliphatic heterocycles. The van der Waals surface area contributed by atoms with Crippen LogP contribution in [0.15, 0.2) is 56.9 Å². The van der Waals surface area contributed by atoms with Crippen LogP contribution in [-0.2, 0) is 0 Å². The number of para-hydroxylation sites is 2. The molecule has 0 saturated carbocycles. The molecule has 0 radical (unpaired) electrons. The van der Waals surface area contributed by atoms with Crippen LogP contribution in [-0.4, -0.2) is 14.1 Å². The van der Waals surface area contributed by atoms with Crippen LogP contribution in [0.1, 0.15) is 0 Å².